The Labute approximate surface area is 144 Å². The molecule has 3 aromatic rings. The van der Waals surface area contributed by atoms with Crippen molar-refractivity contribution >= 4 is 23.1 Å². The lowest BCUT2D eigenvalue weighted by molar-refractivity contribution is 0.102. The summed E-state index contributed by atoms with van der Waals surface area (Å²) in [5.41, 5.74) is 2.94. The van der Waals surface area contributed by atoms with Crippen LogP contribution >= 0.6 is 11.3 Å². The molecule has 0 aliphatic heterocycles. The third kappa shape index (κ3) is 3.65. The highest BCUT2D eigenvalue weighted by Crippen LogP contribution is 2.21. The largest absolute Gasteiger partial charge is 0.489 e. The van der Waals surface area contributed by atoms with Gasteiger partial charge in [0.15, 0.2) is 0 Å². The Hall–Kier alpha value is -2.60. The number of rotatable bonds is 5. The summed E-state index contributed by atoms with van der Waals surface area (Å²) < 4.78 is 7.47. The Morgan fingerprint density at radius 3 is 2.79 bits per heavy atom. The van der Waals surface area contributed by atoms with Crippen molar-refractivity contribution in [1.29, 1.82) is 0 Å². The number of para-hydroxylation sites is 1. The highest BCUT2D eigenvalue weighted by atomic mass is 32.1. The molecule has 2 heterocycles. The molecule has 0 atom stereocenters. The molecule has 0 fully saturated rings. The number of aromatic nitrogens is 2. The third-order valence-corrected chi connectivity index (χ3v) is 4.59. The molecular weight excluding hydrogens is 322 g/mol. The van der Waals surface area contributed by atoms with Gasteiger partial charge < -0.3 is 10.1 Å². The van der Waals surface area contributed by atoms with Crippen molar-refractivity contribution in [2.24, 2.45) is 7.05 Å². The van der Waals surface area contributed by atoms with Gasteiger partial charge >= 0.3 is 0 Å². The molecule has 2 aromatic heterocycles. The van der Waals surface area contributed by atoms with Crippen molar-refractivity contribution in [3.05, 3.63) is 63.5 Å². The summed E-state index contributed by atoms with van der Waals surface area (Å²) in [7, 11) is 1.80. The normalized spacial score (nSPS) is 10.6. The molecule has 5 nitrogen and oxygen atoms in total. The topological polar surface area (TPSA) is 56.1 Å². The monoisotopic (exact) mass is 341 g/mol. The van der Waals surface area contributed by atoms with E-state index >= 15 is 0 Å². The van der Waals surface area contributed by atoms with Crippen LogP contribution in [0.2, 0.25) is 0 Å². The lowest BCUT2D eigenvalue weighted by Gasteiger charge is -2.07. The van der Waals surface area contributed by atoms with Crippen molar-refractivity contribution in [1.82, 2.24) is 9.78 Å². The quantitative estimate of drug-likeness (QED) is 0.765. The van der Waals surface area contributed by atoms with Gasteiger partial charge in [-0.05, 0) is 36.9 Å². The van der Waals surface area contributed by atoms with Gasteiger partial charge in [-0.3, -0.25) is 9.48 Å². The van der Waals surface area contributed by atoms with Crippen molar-refractivity contribution in [2.45, 2.75) is 20.5 Å². The number of nitrogens with zero attached hydrogens (tertiary/aromatic N) is 2. The minimum atomic E-state index is -0.134. The van der Waals surface area contributed by atoms with E-state index in [0.29, 0.717) is 17.3 Å². The number of anilines is 1. The average molecular weight is 341 g/mol. The Morgan fingerprint density at radius 1 is 1.29 bits per heavy atom. The number of carbonyl (C=O) groups is 1. The summed E-state index contributed by atoms with van der Waals surface area (Å²) in [5, 5.41) is 9.04. The van der Waals surface area contributed by atoms with Crippen LogP contribution in [0.1, 0.15) is 26.5 Å². The second-order valence-corrected chi connectivity index (χ2v) is 6.53. The van der Waals surface area contributed by atoms with Gasteiger partial charge in [0.05, 0.1) is 10.6 Å². The van der Waals surface area contributed by atoms with Gasteiger partial charge in [0.1, 0.15) is 18.2 Å². The van der Waals surface area contributed by atoms with Crippen LogP contribution in [0.25, 0.3) is 0 Å². The number of aryl methyl sites for hydroxylation is 3. The third-order valence-electron chi connectivity index (χ3n) is 3.61. The number of thiophene rings is 1. The number of carbonyl (C=O) groups excluding carboxylic acids is 1. The molecule has 0 radical (unpaired) electrons. The molecule has 1 aromatic carbocycles. The molecule has 1 amide bonds. The van der Waals surface area contributed by atoms with E-state index in [1.807, 2.05) is 55.6 Å². The van der Waals surface area contributed by atoms with Crippen molar-refractivity contribution in [3.8, 4) is 5.75 Å². The number of hydrogen-bond donors (Lipinski definition) is 1. The first-order valence-electron chi connectivity index (χ1n) is 7.61. The fraction of sp³-hybridized carbons (Fsp3) is 0.222. The maximum atomic E-state index is 12.3. The maximum absolute atomic E-state index is 12.3. The average Bonchev–Trinajstić information content (AvgIpc) is 3.13. The number of amides is 1. The standard InChI is InChI=1S/C18H19N3O2S/c1-12-6-4-5-7-15(12)23-10-14-9-16(24-11-14)18(22)19-17-8-13(2)20-21(17)3/h4-9,11H,10H2,1-3H3,(H,19,22). The molecule has 6 heteroatoms. The number of ether oxygens (including phenoxy) is 1. The van der Waals surface area contributed by atoms with E-state index in [4.69, 9.17) is 4.74 Å². The second-order valence-electron chi connectivity index (χ2n) is 5.62. The molecule has 1 N–H and O–H groups in total. The molecule has 0 aliphatic carbocycles. The maximum Gasteiger partial charge on any atom is 0.266 e. The summed E-state index contributed by atoms with van der Waals surface area (Å²) in [6.45, 7) is 4.35. The van der Waals surface area contributed by atoms with E-state index in [1.165, 1.54) is 11.3 Å². The Bertz CT molecular complexity index is 867. The van der Waals surface area contributed by atoms with E-state index in [-0.39, 0.29) is 5.91 Å². The van der Waals surface area contributed by atoms with Gasteiger partial charge in [-0.15, -0.1) is 11.3 Å². The van der Waals surface area contributed by atoms with E-state index in [1.54, 1.807) is 11.7 Å². The van der Waals surface area contributed by atoms with Crippen molar-refractivity contribution < 1.29 is 9.53 Å². The summed E-state index contributed by atoms with van der Waals surface area (Å²) in [6, 6.07) is 11.6. The summed E-state index contributed by atoms with van der Waals surface area (Å²) in [5.74, 6) is 1.41. The zero-order valence-corrected chi connectivity index (χ0v) is 14.7. The molecule has 3 rings (SSSR count). The lowest BCUT2D eigenvalue weighted by atomic mass is 10.2. The van der Waals surface area contributed by atoms with Crippen molar-refractivity contribution in [3.63, 3.8) is 0 Å². The molecule has 0 saturated carbocycles. The second kappa shape index (κ2) is 6.88. The van der Waals surface area contributed by atoms with Crippen LogP contribution in [0.5, 0.6) is 5.75 Å². The first kappa shape index (κ1) is 16.3. The van der Waals surface area contributed by atoms with E-state index in [9.17, 15) is 4.79 Å². The minimum Gasteiger partial charge on any atom is -0.489 e. The highest BCUT2D eigenvalue weighted by molar-refractivity contribution is 7.12. The molecule has 124 valence electrons. The smallest absolute Gasteiger partial charge is 0.266 e. The highest BCUT2D eigenvalue weighted by Gasteiger charge is 2.12. The summed E-state index contributed by atoms with van der Waals surface area (Å²) in [4.78, 5) is 13.0. The Kier molecular flexibility index (Phi) is 4.66. The number of nitrogens with one attached hydrogen (secondary N) is 1. The molecule has 0 aliphatic rings. The Morgan fingerprint density at radius 2 is 2.08 bits per heavy atom. The van der Waals surface area contributed by atoms with Crippen LogP contribution in [0.15, 0.2) is 41.8 Å². The van der Waals surface area contributed by atoms with E-state index in [2.05, 4.69) is 10.4 Å². The fourth-order valence-electron chi connectivity index (χ4n) is 2.36. The molecule has 0 unspecified atom stereocenters. The van der Waals surface area contributed by atoms with Gasteiger partial charge in [-0.2, -0.15) is 5.10 Å². The van der Waals surface area contributed by atoms with Crippen LogP contribution < -0.4 is 10.1 Å². The van der Waals surface area contributed by atoms with E-state index < -0.39 is 0 Å². The van der Waals surface area contributed by atoms with Crippen LogP contribution in [0.3, 0.4) is 0 Å². The predicted octanol–water partition coefficient (Wildman–Crippen LogP) is 3.93. The first-order chi connectivity index (χ1) is 11.5. The number of benzene rings is 1. The van der Waals surface area contributed by atoms with Gasteiger partial charge in [-0.1, -0.05) is 18.2 Å². The summed E-state index contributed by atoms with van der Waals surface area (Å²) >= 11 is 1.41. The molecule has 0 spiro atoms. The minimum absolute atomic E-state index is 0.134. The SMILES string of the molecule is Cc1cc(NC(=O)c2cc(COc3ccccc3C)cs2)n(C)n1. The van der Waals surface area contributed by atoms with Gasteiger partial charge in [0.2, 0.25) is 0 Å². The predicted molar refractivity (Wildman–Crippen MR) is 95.7 cm³/mol. The van der Waals surface area contributed by atoms with Crippen molar-refractivity contribution in [2.75, 3.05) is 5.32 Å². The van der Waals surface area contributed by atoms with Crippen LogP contribution in [0, 0.1) is 13.8 Å². The number of hydrogen-bond acceptors (Lipinski definition) is 4. The van der Waals surface area contributed by atoms with E-state index in [0.717, 1.165) is 22.6 Å². The van der Waals surface area contributed by atoms with Gasteiger partial charge in [0, 0.05) is 18.7 Å². The lowest BCUT2D eigenvalue weighted by Crippen LogP contribution is -2.13. The van der Waals surface area contributed by atoms with Gasteiger partial charge in [0.25, 0.3) is 5.91 Å². The van der Waals surface area contributed by atoms with Crippen LogP contribution in [0.4, 0.5) is 5.82 Å². The zero-order chi connectivity index (χ0) is 17.1. The zero-order valence-electron chi connectivity index (χ0n) is 13.9. The molecular formula is C18H19N3O2S. The summed E-state index contributed by atoms with van der Waals surface area (Å²) in [6.07, 6.45) is 0. The molecule has 0 bridgehead atoms. The van der Waals surface area contributed by atoms with Crippen LogP contribution in [-0.4, -0.2) is 15.7 Å². The molecule has 0 saturated heterocycles. The Balaban J connectivity index is 1.63. The van der Waals surface area contributed by atoms with Crippen LogP contribution in [-0.2, 0) is 13.7 Å². The molecule has 24 heavy (non-hydrogen) atoms. The first-order valence-corrected chi connectivity index (χ1v) is 8.49. The fourth-order valence-corrected chi connectivity index (χ4v) is 3.15. The van der Waals surface area contributed by atoms with Gasteiger partial charge in [-0.25, -0.2) is 0 Å².